The number of rotatable bonds is 4. The van der Waals surface area contributed by atoms with Gasteiger partial charge in [-0.05, 0) is 29.2 Å². The zero-order valence-electron chi connectivity index (χ0n) is 17.2. The Bertz CT molecular complexity index is 943. The number of nitrogens with zero attached hydrogens (tertiary/aromatic N) is 3. The molecular formula is C23H30N3O+. The van der Waals surface area contributed by atoms with Gasteiger partial charge in [0.2, 0.25) is 0 Å². The minimum Gasteiger partial charge on any atom is -0.508 e. The average Bonchev–Trinajstić information content (AvgIpc) is 2.96. The zero-order chi connectivity index (χ0) is 19.8. The van der Waals surface area contributed by atoms with Crippen LogP contribution < -0.4 is 0 Å². The molecule has 0 amide bonds. The van der Waals surface area contributed by atoms with Crippen molar-refractivity contribution in [1.82, 2.24) is 9.55 Å². The SMILES string of the molecule is CC(C)(C)c1cccc(-c2nc(C[N+](C)(C)C)cn2-c2cccc(O)c2)c1. The molecule has 1 N–H and O–H groups in total. The maximum Gasteiger partial charge on any atom is 0.145 e. The fourth-order valence-corrected chi connectivity index (χ4v) is 3.16. The minimum atomic E-state index is 0.0730. The van der Waals surface area contributed by atoms with Crippen LogP contribution in [0.3, 0.4) is 0 Å². The lowest BCUT2D eigenvalue weighted by molar-refractivity contribution is -0.884. The Balaban J connectivity index is 2.16. The van der Waals surface area contributed by atoms with Gasteiger partial charge < -0.3 is 9.59 Å². The first-order valence-electron chi connectivity index (χ1n) is 9.32. The number of quaternary nitrogens is 1. The molecule has 0 bridgehead atoms. The van der Waals surface area contributed by atoms with Crippen molar-refractivity contribution >= 4 is 0 Å². The Kier molecular flexibility index (Phi) is 4.87. The fourth-order valence-electron chi connectivity index (χ4n) is 3.16. The van der Waals surface area contributed by atoms with Crippen molar-refractivity contribution in [2.45, 2.75) is 32.7 Å². The number of aromatic hydroxyl groups is 1. The molecule has 0 fully saturated rings. The molecule has 3 rings (SSSR count). The molecule has 2 aromatic carbocycles. The van der Waals surface area contributed by atoms with Crippen LogP contribution in [0.5, 0.6) is 5.75 Å². The lowest BCUT2D eigenvalue weighted by Crippen LogP contribution is -2.33. The van der Waals surface area contributed by atoms with Gasteiger partial charge in [0.25, 0.3) is 0 Å². The van der Waals surface area contributed by atoms with Gasteiger partial charge in [0.15, 0.2) is 0 Å². The van der Waals surface area contributed by atoms with Crippen LogP contribution in [-0.2, 0) is 12.0 Å². The highest BCUT2D eigenvalue weighted by atomic mass is 16.3. The lowest BCUT2D eigenvalue weighted by Gasteiger charge is -2.22. The Labute approximate surface area is 162 Å². The summed E-state index contributed by atoms with van der Waals surface area (Å²) in [4.78, 5) is 4.96. The van der Waals surface area contributed by atoms with E-state index in [1.807, 2.05) is 12.1 Å². The molecule has 0 spiro atoms. The molecule has 0 aliphatic heterocycles. The van der Waals surface area contributed by atoms with Gasteiger partial charge in [-0.2, -0.15) is 0 Å². The summed E-state index contributed by atoms with van der Waals surface area (Å²) < 4.78 is 2.88. The molecule has 27 heavy (non-hydrogen) atoms. The van der Waals surface area contributed by atoms with E-state index in [4.69, 9.17) is 4.98 Å². The molecular weight excluding hydrogens is 334 g/mol. The van der Waals surface area contributed by atoms with Crippen LogP contribution in [0, 0.1) is 0 Å². The number of imidazole rings is 1. The topological polar surface area (TPSA) is 38.0 Å². The second-order valence-corrected chi connectivity index (χ2v) is 9.22. The van der Waals surface area contributed by atoms with Crippen molar-refractivity contribution in [3.05, 3.63) is 66.0 Å². The molecule has 0 aliphatic carbocycles. The van der Waals surface area contributed by atoms with Crippen LogP contribution in [0.4, 0.5) is 0 Å². The van der Waals surface area contributed by atoms with E-state index < -0.39 is 0 Å². The summed E-state index contributed by atoms with van der Waals surface area (Å²) in [5.74, 6) is 1.15. The van der Waals surface area contributed by atoms with Gasteiger partial charge in [0, 0.05) is 17.8 Å². The summed E-state index contributed by atoms with van der Waals surface area (Å²) in [7, 11) is 6.48. The highest BCUT2D eigenvalue weighted by Gasteiger charge is 2.19. The van der Waals surface area contributed by atoms with Crippen LogP contribution in [0.1, 0.15) is 32.0 Å². The van der Waals surface area contributed by atoms with Crippen molar-refractivity contribution in [3.8, 4) is 22.8 Å². The smallest absolute Gasteiger partial charge is 0.145 e. The monoisotopic (exact) mass is 364 g/mol. The largest absolute Gasteiger partial charge is 0.508 e. The third kappa shape index (κ3) is 4.58. The van der Waals surface area contributed by atoms with Crippen LogP contribution in [0.15, 0.2) is 54.7 Å². The Morgan fingerprint density at radius 1 is 1.00 bits per heavy atom. The molecule has 0 aliphatic rings. The predicted octanol–water partition coefficient (Wildman–Crippen LogP) is 4.75. The maximum atomic E-state index is 9.94. The molecule has 0 saturated carbocycles. The molecule has 3 aromatic rings. The third-order valence-corrected chi connectivity index (χ3v) is 4.49. The van der Waals surface area contributed by atoms with Crippen LogP contribution >= 0.6 is 0 Å². The van der Waals surface area contributed by atoms with E-state index in [9.17, 15) is 5.11 Å². The summed E-state index contributed by atoms with van der Waals surface area (Å²) in [6.45, 7) is 7.49. The first-order chi connectivity index (χ1) is 12.5. The Hall–Kier alpha value is -2.59. The highest BCUT2D eigenvalue weighted by Crippen LogP contribution is 2.30. The standard InChI is InChI=1S/C23H29N3O/c1-23(2,3)18-10-7-9-17(13-18)22-24-19(16-26(4,5)6)15-25(22)20-11-8-12-21(27)14-20/h7-15H,16H2,1-6H3/p+1. The number of hydrogen-bond donors (Lipinski definition) is 1. The summed E-state index contributed by atoms with van der Waals surface area (Å²) >= 11 is 0. The minimum absolute atomic E-state index is 0.0730. The Morgan fingerprint density at radius 3 is 2.33 bits per heavy atom. The number of phenols is 1. The number of phenolic OH excluding ortho intramolecular Hbond substituents is 1. The van der Waals surface area contributed by atoms with E-state index >= 15 is 0 Å². The van der Waals surface area contributed by atoms with Gasteiger partial charge in [-0.3, -0.25) is 4.57 Å². The van der Waals surface area contributed by atoms with E-state index in [-0.39, 0.29) is 11.2 Å². The summed E-state index contributed by atoms with van der Waals surface area (Å²) in [6, 6.07) is 15.9. The normalized spacial score (nSPS) is 12.4. The zero-order valence-corrected chi connectivity index (χ0v) is 17.2. The molecule has 4 heteroatoms. The van der Waals surface area contributed by atoms with Gasteiger partial charge in [-0.1, -0.05) is 45.0 Å². The first-order valence-corrected chi connectivity index (χ1v) is 9.32. The lowest BCUT2D eigenvalue weighted by atomic mass is 9.86. The average molecular weight is 365 g/mol. The molecule has 0 saturated heterocycles. The summed E-state index contributed by atoms with van der Waals surface area (Å²) in [5.41, 5.74) is 4.37. The van der Waals surface area contributed by atoms with Crippen molar-refractivity contribution in [3.63, 3.8) is 0 Å². The second kappa shape index (κ2) is 6.86. The van der Waals surface area contributed by atoms with Crippen LogP contribution in [0.25, 0.3) is 17.1 Å². The highest BCUT2D eigenvalue weighted by molar-refractivity contribution is 5.61. The van der Waals surface area contributed by atoms with E-state index in [1.54, 1.807) is 12.1 Å². The molecule has 4 nitrogen and oxygen atoms in total. The second-order valence-electron chi connectivity index (χ2n) is 9.22. The van der Waals surface area contributed by atoms with E-state index in [2.05, 4.69) is 76.9 Å². The maximum absolute atomic E-state index is 9.94. The van der Waals surface area contributed by atoms with Crippen LogP contribution in [0.2, 0.25) is 0 Å². The van der Waals surface area contributed by atoms with Crippen molar-refractivity contribution in [2.75, 3.05) is 21.1 Å². The van der Waals surface area contributed by atoms with Gasteiger partial charge in [-0.25, -0.2) is 4.98 Å². The van der Waals surface area contributed by atoms with Gasteiger partial charge in [0.05, 0.1) is 26.8 Å². The molecule has 142 valence electrons. The van der Waals surface area contributed by atoms with E-state index in [0.717, 1.165) is 33.8 Å². The number of hydrogen-bond acceptors (Lipinski definition) is 2. The van der Waals surface area contributed by atoms with Gasteiger partial charge in [0.1, 0.15) is 23.8 Å². The molecule has 0 unspecified atom stereocenters. The molecule has 0 atom stereocenters. The molecule has 1 aromatic heterocycles. The van der Waals surface area contributed by atoms with E-state index in [1.165, 1.54) is 5.56 Å². The van der Waals surface area contributed by atoms with E-state index in [0.29, 0.717) is 0 Å². The number of aromatic nitrogens is 2. The predicted molar refractivity (Wildman–Crippen MR) is 111 cm³/mol. The number of benzene rings is 2. The molecule has 0 radical (unpaired) electrons. The summed E-state index contributed by atoms with van der Waals surface area (Å²) in [5, 5.41) is 9.94. The van der Waals surface area contributed by atoms with Gasteiger partial charge >= 0.3 is 0 Å². The van der Waals surface area contributed by atoms with Crippen molar-refractivity contribution in [2.24, 2.45) is 0 Å². The first kappa shape index (κ1) is 19.2. The third-order valence-electron chi connectivity index (χ3n) is 4.49. The van der Waals surface area contributed by atoms with Crippen molar-refractivity contribution < 1.29 is 9.59 Å². The van der Waals surface area contributed by atoms with Crippen LogP contribution in [-0.4, -0.2) is 40.3 Å². The van der Waals surface area contributed by atoms with Crippen molar-refractivity contribution in [1.29, 1.82) is 0 Å². The molecule has 1 heterocycles. The van der Waals surface area contributed by atoms with Gasteiger partial charge in [-0.15, -0.1) is 0 Å². The fraction of sp³-hybridized carbons (Fsp3) is 0.348. The Morgan fingerprint density at radius 2 is 1.70 bits per heavy atom. The summed E-state index contributed by atoms with van der Waals surface area (Å²) in [6.07, 6.45) is 2.08. The quantitative estimate of drug-likeness (QED) is 0.679.